The first kappa shape index (κ1) is 10.8. The van der Waals surface area contributed by atoms with E-state index in [1.54, 1.807) is 0 Å². The van der Waals surface area contributed by atoms with E-state index in [1.807, 2.05) is 10.6 Å². The van der Waals surface area contributed by atoms with Crippen molar-refractivity contribution in [1.82, 2.24) is 14.8 Å². The second kappa shape index (κ2) is 3.84. The molecule has 0 bridgehead atoms. The third-order valence-electron chi connectivity index (χ3n) is 2.51. The van der Waals surface area contributed by atoms with E-state index < -0.39 is 0 Å². The molecular weight excluding hydrogens is 285 g/mol. The topological polar surface area (TPSA) is 33.6 Å². The van der Waals surface area contributed by atoms with Gasteiger partial charge in [-0.05, 0) is 31.1 Å². The Labute approximate surface area is 111 Å². The average Bonchev–Trinajstić information content (AvgIpc) is 2.91. The van der Waals surface area contributed by atoms with Crippen LogP contribution in [0.15, 0.2) is 6.07 Å². The van der Waals surface area contributed by atoms with Gasteiger partial charge in [0.15, 0.2) is 10.6 Å². The van der Waals surface area contributed by atoms with E-state index in [0.717, 1.165) is 24.2 Å². The maximum Gasteiger partial charge on any atom is 0.195 e. The molecule has 1 saturated carbocycles. The van der Waals surface area contributed by atoms with Crippen molar-refractivity contribution < 1.29 is 0 Å². The highest BCUT2D eigenvalue weighted by Gasteiger charge is 2.28. The molecule has 3 rings (SSSR count). The largest absolute Gasteiger partial charge is 0.297 e. The van der Waals surface area contributed by atoms with Gasteiger partial charge in [-0.1, -0.05) is 23.2 Å². The van der Waals surface area contributed by atoms with Gasteiger partial charge in [0.25, 0.3) is 0 Å². The zero-order valence-electron chi connectivity index (χ0n) is 8.04. The van der Waals surface area contributed by atoms with Crippen LogP contribution in [0.1, 0.15) is 18.9 Å². The highest BCUT2D eigenvalue weighted by atomic mass is 35.5. The Morgan fingerprint density at radius 1 is 1.50 bits per heavy atom. The van der Waals surface area contributed by atoms with Crippen molar-refractivity contribution in [3.63, 3.8) is 0 Å². The smallest absolute Gasteiger partial charge is 0.195 e. The Kier molecular flexibility index (Phi) is 2.58. The summed E-state index contributed by atoms with van der Waals surface area (Å²) >= 11 is 18.6. The van der Waals surface area contributed by atoms with Gasteiger partial charge >= 0.3 is 0 Å². The molecule has 2 heterocycles. The van der Waals surface area contributed by atoms with Gasteiger partial charge in [-0.15, -0.1) is 11.3 Å². The van der Waals surface area contributed by atoms with Crippen molar-refractivity contribution in [3.05, 3.63) is 19.5 Å². The summed E-state index contributed by atoms with van der Waals surface area (Å²) in [5.41, 5.74) is 0.857. The van der Waals surface area contributed by atoms with Gasteiger partial charge < -0.3 is 0 Å². The third-order valence-corrected chi connectivity index (χ3v) is 4.29. The highest BCUT2D eigenvalue weighted by molar-refractivity contribution is 7.71. The molecule has 0 aromatic carbocycles. The van der Waals surface area contributed by atoms with Gasteiger partial charge in [-0.2, -0.15) is 5.10 Å². The van der Waals surface area contributed by atoms with E-state index in [1.165, 1.54) is 11.3 Å². The van der Waals surface area contributed by atoms with Gasteiger partial charge in [-0.3, -0.25) is 9.67 Å². The Morgan fingerprint density at radius 2 is 2.25 bits per heavy atom. The number of nitrogens with zero attached hydrogens (tertiary/aromatic N) is 2. The van der Waals surface area contributed by atoms with Crippen LogP contribution in [0.25, 0.3) is 11.4 Å². The highest BCUT2D eigenvalue weighted by Crippen LogP contribution is 2.42. The lowest BCUT2D eigenvalue weighted by molar-refractivity contribution is 0.735. The first-order valence-electron chi connectivity index (χ1n) is 4.79. The molecule has 0 unspecified atom stereocenters. The van der Waals surface area contributed by atoms with Crippen molar-refractivity contribution >= 4 is 46.8 Å². The minimum absolute atomic E-state index is 0.469. The second-order valence-corrected chi connectivity index (χ2v) is 6.36. The van der Waals surface area contributed by atoms with Gasteiger partial charge in [0.05, 0.1) is 9.90 Å². The van der Waals surface area contributed by atoms with Crippen molar-refractivity contribution in [2.45, 2.75) is 18.9 Å². The summed E-state index contributed by atoms with van der Waals surface area (Å²) in [5.74, 6) is 0.792. The number of aromatic amines is 1. The fraction of sp³-hybridized carbons (Fsp3) is 0.333. The number of thiophene rings is 1. The van der Waals surface area contributed by atoms with Crippen LogP contribution in [0.3, 0.4) is 0 Å². The molecule has 84 valence electrons. The zero-order chi connectivity index (χ0) is 11.3. The summed E-state index contributed by atoms with van der Waals surface area (Å²) in [6.07, 6.45) is 2.30. The summed E-state index contributed by atoms with van der Waals surface area (Å²) in [5, 5.41) is 7.04. The van der Waals surface area contributed by atoms with Crippen LogP contribution in [0.4, 0.5) is 0 Å². The molecule has 0 saturated heterocycles. The van der Waals surface area contributed by atoms with Crippen molar-refractivity contribution in [2.24, 2.45) is 0 Å². The first-order valence-corrected chi connectivity index (χ1v) is 6.77. The standard InChI is InChI=1S/C9H7Cl2N3S2/c10-6-3-5(7(11)16-6)8-12-13-9(15)14(8)4-1-2-4/h3-4H,1-2H2,(H,13,15). The fourth-order valence-electron chi connectivity index (χ4n) is 1.66. The Balaban J connectivity index is 2.19. The molecule has 0 amide bonds. The quantitative estimate of drug-likeness (QED) is 0.837. The van der Waals surface area contributed by atoms with Gasteiger partial charge in [0.2, 0.25) is 0 Å². The predicted molar refractivity (Wildman–Crippen MR) is 69.0 cm³/mol. The van der Waals surface area contributed by atoms with Crippen LogP contribution >= 0.6 is 46.8 Å². The number of aromatic nitrogens is 3. The van der Waals surface area contributed by atoms with E-state index in [0.29, 0.717) is 19.5 Å². The van der Waals surface area contributed by atoms with Crippen LogP contribution in [0, 0.1) is 4.77 Å². The van der Waals surface area contributed by atoms with Crippen molar-refractivity contribution in [3.8, 4) is 11.4 Å². The molecule has 0 spiro atoms. The van der Waals surface area contributed by atoms with Crippen LogP contribution in [-0.4, -0.2) is 14.8 Å². The zero-order valence-corrected chi connectivity index (χ0v) is 11.2. The number of H-pyrrole nitrogens is 1. The average molecular weight is 292 g/mol. The minimum Gasteiger partial charge on any atom is -0.297 e. The molecule has 1 aliphatic rings. The molecule has 7 heteroatoms. The van der Waals surface area contributed by atoms with E-state index in [4.69, 9.17) is 35.4 Å². The summed E-state index contributed by atoms with van der Waals surface area (Å²) in [7, 11) is 0. The minimum atomic E-state index is 0.469. The Hall–Kier alpha value is -0.360. The molecule has 0 atom stereocenters. The fourth-order valence-corrected chi connectivity index (χ4v) is 3.40. The number of nitrogens with one attached hydrogen (secondary N) is 1. The molecule has 1 N–H and O–H groups in total. The van der Waals surface area contributed by atoms with Gasteiger partial charge in [-0.25, -0.2) is 0 Å². The molecule has 16 heavy (non-hydrogen) atoms. The van der Waals surface area contributed by atoms with Crippen LogP contribution in [-0.2, 0) is 0 Å². The molecule has 1 aliphatic carbocycles. The van der Waals surface area contributed by atoms with E-state index in [9.17, 15) is 0 Å². The maximum atomic E-state index is 6.12. The lowest BCUT2D eigenvalue weighted by Gasteiger charge is -2.02. The molecule has 0 radical (unpaired) electrons. The molecule has 2 aromatic rings. The molecule has 3 nitrogen and oxygen atoms in total. The molecular formula is C9H7Cl2N3S2. The van der Waals surface area contributed by atoms with Crippen molar-refractivity contribution in [2.75, 3.05) is 0 Å². The van der Waals surface area contributed by atoms with Crippen LogP contribution in [0.2, 0.25) is 8.67 Å². The van der Waals surface area contributed by atoms with Gasteiger partial charge in [0, 0.05) is 6.04 Å². The molecule has 1 fully saturated rings. The maximum absolute atomic E-state index is 6.12. The monoisotopic (exact) mass is 291 g/mol. The van der Waals surface area contributed by atoms with Gasteiger partial charge in [0.1, 0.15) is 4.34 Å². The summed E-state index contributed by atoms with van der Waals surface area (Å²) in [6, 6.07) is 2.30. The first-order chi connectivity index (χ1) is 7.66. The summed E-state index contributed by atoms with van der Waals surface area (Å²) < 4.78 is 3.99. The van der Waals surface area contributed by atoms with E-state index >= 15 is 0 Å². The second-order valence-electron chi connectivity index (χ2n) is 3.69. The lowest BCUT2D eigenvalue weighted by Crippen LogP contribution is -1.96. The third kappa shape index (κ3) is 1.72. The Morgan fingerprint density at radius 3 is 2.81 bits per heavy atom. The lowest BCUT2D eigenvalue weighted by atomic mass is 10.3. The predicted octanol–water partition coefficient (Wildman–Crippen LogP) is 4.31. The molecule has 0 aliphatic heterocycles. The van der Waals surface area contributed by atoms with E-state index in [-0.39, 0.29) is 0 Å². The number of rotatable bonds is 2. The number of hydrogen-bond donors (Lipinski definition) is 1. The SMILES string of the molecule is S=c1[nH]nc(-c2cc(Cl)sc2Cl)n1C1CC1. The van der Waals surface area contributed by atoms with Crippen LogP contribution < -0.4 is 0 Å². The van der Waals surface area contributed by atoms with Crippen LogP contribution in [0.5, 0.6) is 0 Å². The molecule has 2 aromatic heterocycles. The Bertz CT molecular complexity index is 594. The number of hydrogen-bond acceptors (Lipinski definition) is 3. The van der Waals surface area contributed by atoms with E-state index in [2.05, 4.69) is 10.2 Å². The number of halogens is 2. The van der Waals surface area contributed by atoms with Crippen molar-refractivity contribution in [1.29, 1.82) is 0 Å². The summed E-state index contributed by atoms with van der Waals surface area (Å²) in [6.45, 7) is 0. The summed E-state index contributed by atoms with van der Waals surface area (Å²) in [4.78, 5) is 0. The normalized spacial score (nSPS) is 15.6.